The number of nitrogens with one attached hydrogen (secondary N) is 1. The maximum atomic E-state index is 12.7. The quantitative estimate of drug-likeness (QED) is 0.544. The summed E-state index contributed by atoms with van der Waals surface area (Å²) in [6, 6.07) is 7.67. The molecule has 2 amide bonds. The topological polar surface area (TPSA) is 40.5 Å². The Hall–Kier alpha value is -1.66. The predicted octanol–water partition coefficient (Wildman–Crippen LogP) is 4.94. The first-order valence-corrected chi connectivity index (χ1v) is 13.7. The minimum atomic E-state index is 0.0775. The number of likely N-dealkylation sites (N-methyl/N-ethyl adjacent to an activating group) is 1. The van der Waals surface area contributed by atoms with Crippen molar-refractivity contribution in [3.05, 3.63) is 35.5 Å². The minimum Gasteiger partial charge on any atom is -0.347 e. The lowest BCUT2D eigenvalue weighted by atomic mass is 9.74. The Morgan fingerprint density at radius 1 is 1.22 bits per heavy atom. The van der Waals surface area contributed by atoms with Gasteiger partial charge in [0.05, 0.1) is 0 Å². The first kappa shape index (κ1) is 23.5. The Bertz CT molecular complexity index is 922. The molecular formula is C26H40N4OS. The summed E-state index contributed by atoms with van der Waals surface area (Å²) in [7, 11) is 2.24. The maximum Gasteiger partial charge on any atom is 0.317 e. The zero-order chi connectivity index (χ0) is 22.7. The number of amides is 2. The SMILES string of the molecule is CCCSCCCn1cc2c3c(cccc31)[C@H]1C[C@H](NC(=O)N(CC)CC)CN(C)[C@@H]1C2. The van der Waals surface area contributed by atoms with Crippen molar-refractivity contribution in [2.75, 3.05) is 38.2 Å². The molecule has 0 bridgehead atoms. The van der Waals surface area contributed by atoms with Gasteiger partial charge in [0.1, 0.15) is 0 Å². The fourth-order valence-corrected chi connectivity index (χ4v) is 6.59. The van der Waals surface area contributed by atoms with E-state index in [2.05, 4.69) is 64.9 Å². The Kier molecular flexibility index (Phi) is 7.72. The molecule has 6 heteroatoms. The zero-order valence-electron chi connectivity index (χ0n) is 20.3. The van der Waals surface area contributed by atoms with Crippen molar-refractivity contribution in [1.29, 1.82) is 0 Å². The van der Waals surface area contributed by atoms with Crippen LogP contribution < -0.4 is 5.32 Å². The number of likely N-dealkylation sites (tertiary alicyclic amines) is 1. The lowest BCUT2D eigenvalue weighted by Crippen LogP contribution is -2.56. The molecule has 1 aromatic heterocycles. The van der Waals surface area contributed by atoms with Gasteiger partial charge in [0.2, 0.25) is 0 Å². The summed E-state index contributed by atoms with van der Waals surface area (Å²) in [5, 5.41) is 4.81. The van der Waals surface area contributed by atoms with Crippen molar-refractivity contribution in [2.24, 2.45) is 0 Å². The molecule has 1 aliphatic carbocycles. The summed E-state index contributed by atoms with van der Waals surface area (Å²) in [4.78, 5) is 17.1. The second-order valence-electron chi connectivity index (χ2n) is 9.43. The van der Waals surface area contributed by atoms with E-state index in [4.69, 9.17) is 0 Å². The van der Waals surface area contributed by atoms with Crippen molar-refractivity contribution >= 4 is 28.7 Å². The van der Waals surface area contributed by atoms with Gasteiger partial charge in [0.15, 0.2) is 0 Å². The van der Waals surface area contributed by atoms with E-state index in [0.717, 1.165) is 39.0 Å². The maximum absolute atomic E-state index is 12.7. The number of aryl methyl sites for hydroxylation is 1. The molecule has 1 fully saturated rings. The monoisotopic (exact) mass is 456 g/mol. The summed E-state index contributed by atoms with van der Waals surface area (Å²) in [5.74, 6) is 2.98. The summed E-state index contributed by atoms with van der Waals surface area (Å²) in [6.07, 6.45) is 7.06. The van der Waals surface area contributed by atoms with Crippen LogP contribution in [0.25, 0.3) is 10.9 Å². The van der Waals surface area contributed by atoms with Crippen LogP contribution in [0.15, 0.2) is 24.4 Å². The largest absolute Gasteiger partial charge is 0.347 e. The molecule has 176 valence electrons. The highest BCUT2D eigenvalue weighted by molar-refractivity contribution is 7.99. The van der Waals surface area contributed by atoms with Crippen LogP contribution in [0.1, 0.15) is 57.1 Å². The number of rotatable bonds is 9. The average molecular weight is 457 g/mol. The number of fused-ring (bicyclic) bond motifs is 2. The number of hydrogen-bond acceptors (Lipinski definition) is 3. The number of carbonyl (C=O) groups is 1. The molecule has 1 aliphatic heterocycles. The number of carbonyl (C=O) groups excluding carboxylic acids is 1. The van der Waals surface area contributed by atoms with E-state index in [1.165, 1.54) is 46.4 Å². The lowest BCUT2D eigenvalue weighted by Gasteiger charge is -2.45. The second-order valence-corrected chi connectivity index (χ2v) is 10.7. The summed E-state index contributed by atoms with van der Waals surface area (Å²) in [5.41, 5.74) is 4.39. The Morgan fingerprint density at radius 3 is 2.78 bits per heavy atom. The Balaban J connectivity index is 1.53. The minimum absolute atomic E-state index is 0.0775. The third-order valence-electron chi connectivity index (χ3n) is 7.34. The van der Waals surface area contributed by atoms with Crippen molar-refractivity contribution in [1.82, 2.24) is 19.7 Å². The number of piperidine rings is 1. The van der Waals surface area contributed by atoms with Crippen molar-refractivity contribution in [3.63, 3.8) is 0 Å². The molecule has 32 heavy (non-hydrogen) atoms. The summed E-state index contributed by atoms with van der Waals surface area (Å²) in [6.45, 7) is 9.88. The van der Waals surface area contributed by atoms with E-state index in [1.807, 2.05) is 18.7 Å². The van der Waals surface area contributed by atoms with Crippen LogP contribution in [0.2, 0.25) is 0 Å². The van der Waals surface area contributed by atoms with E-state index in [9.17, 15) is 4.79 Å². The molecule has 1 saturated heterocycles. The highest BCUT2D eigenvalue weighted by Gasteiger charge is 2.40. The fourth-order valence-electron chi connectivity index (χ4n) is 5.77. The van der Waals surface area contributed by atoms with Gasteiger partial charge < -0.3 is 19.7 Å². The first-order chi connectivity index (χ1) is 15.6. The van der Waals surface area contributed by atoms with Crippen LogP contribution in [-0.4, -0.2) is 70.7 Å². The van der Waals surface area contributed by atoms with Crippen molar-refractivity contribution in [3.8, 4) is 0 Å². The molecule has 1 aromatic carbocycles. The van der Waals surface area contributed by atoms with Gasteiger partial charge in [-0.25, -0.2) is 4.79 Å². The van der Waals surface area contributed by atoms with E-state index in [1.54, 1.807) is 0 Å². The number of urea groups is 1. The predicted molar refractivity (Wildman–Crippen MR) is 137 cm³/mol. The zero-order valence-corrected chi connectivity index (χ0v) is 21.1. The molecule has 2 aromatic rings. The Labute approximate surface area is 197 Å². The van der Waals surface area contributed by atoms with Gasteiger partial charge in [0.25, 0.3) is 0 Å². The number of benzene rings is 1. The molecule has 5 nitrogen and oxygen atoms in total. The molecule has 0 spiro atoms. The number of nitrogens with zero attached hydrogens (tertiary/aromatic N) is 3. The second kappa shape index (κ2) is 10.5. The van der Waals surface area contributed by atoms with E-state index in [0.29, 0.717) is 12.0 Å². The van der Waals surface area contributed by atoms with Gasteiger partial charge in [-0.05, 0) is 75.3 Å². The molecule has 1 N–H and O–H groups in total. The highest BCUT2D eigenvalue weighted by atomic mass is 32.2. The molecule has 0 saturated carbocycles. The van der Waals surface area contributed by atoms with Crippen LogP contribution in [-0.2, 0) is 13.0 Å². The normalized spacial score (nSPS) is 22.7. The number of aromatic nitrogens is 1. The van der Waals surface area contributed by atoms with E-state index >= 15 is 0 Å². The van der Waals surface area contributed by atoms with Crippen molar-refractivity contribution in [2.45, 2.75) is 71.0 Å². The lowest BCUT2D eigenvalue weighted by molar-refractivity contribution is 0.124. The molecule has 0 radical (unpaired) electrons. The van der Waals surface area contributed by atoms with E-state index < -0.39 is 0 Å². The van der Waals surface area contributed by atoms with Crippen LogP contribution in [0.3, 0.4) is 0 Å². The third-order valence-corrected chi connectivity index (χ3v) is 8.61. The fraction of sp³-hybridized carbons (Fsp3) is 0.654. The third kappa shape index (κ3) is 4.67. The molecule has 0 unspecified atom stereocenters. The van der Waals surface area contributed by atoms with Crippen molar-refractivity contribution < 1.29 is 4.79 Å². The number of thioether (sulfide) groups is 1. The summed E-state index contributed by atoms with van der Waals surface area (Å²) >= 11 is 2.07. The molecule has 4 rings (SSSR count). The molecule has 2 heterocycles. The summed E-state index contributed by atoms with van der Waals surface area (Å²) < 4.78 is 2.50. The van der Waals surface area contributed by atoms with Gasteiger partial charge in [0, 0.05) is 61.3 Å². The van der Waals surface area contributed by atoms with Gasteiger partial charge in [-0.3, -0.25) is 0 Å². The highest BCUT2D eigenvalue weighted by Crippen LogP contribution is 2.43. The molecule has 2 aliphatic rings. The van der Waals surface area contributed by atoms with Crippen LogP contribution >= 0.6 is 11.8 Å². The van der Waals surface area contributed by atoms with Crippen LogP contribution in [0.5, 0.6) is 0 Å². The van der Waals surface area contributed by atoms with Gasteiger partial charge in [-0.15, -0.1) is 0 Å². The van der Waals surface area contributed by atoms with Gasteiger partial charge >= 0.3 is 6.03 Å². The molecule has 3 atom stereocenters. The molecular weight excluding hydrogens is 416 g/mol. The van der Waals surface area contributed by atoms with Gasteiger partial charge in [-0.1, -0.05) is 19.1 Å². The smallest absolute Gasteiger partial charge is 0.317 e. The number of hydrogen-bond donors (Lipinski definition) is 1. The van der Waals surface area contributed by atoms with Crippen LogP contribution in [0, 0.1) is 0 Å². The first-order valence-electron chi connectivity index (χ1n) is 12.5. The van der Waals surface area contributed by atoms with Gasteiger partial charge in [-0.2, -0.15) is 11.8 Å². The van der Waals surface area contributed by atoms with Crippen LogP contribution in [0.4, 0.5) is 4.79 Å². The van der Waals surface area contributed by atoms with E-state index in [-0.39, 0.29) is 12.1 Å². The Morgan fingerprint density at radius 2 is 2.03 bits per heavy atom. The average Bonchev–Trinajstić information content (AvgIpc) is 3.14. The standard InChI is InChI=1S/C26H40N4OS/c1-5-13-32-14-9-12-30-17-19-15-24-22(21-10-8-11-23(30)25(19)21)16-20(18-28(24)4)27-26(31)29(6-2)7-3/h8,10-11,17,20,22,24H,5-7,9,12-16,18H2,1-4H3,(H,27,31)/t20-,22+,24+/m0/s1.